The van der Waals surface area contributed by atoms with E-state index in [0.29, 0.717) is 30.7 Å². The number of pyridine rings is 1. The Morgan fingerprint density at radius 2 is 2.05 bits per heavy atom. The number of nitrogens with zero attached hydrogens (tertiary/aromatic N) is 3. The normalized spacial score (nSPS) is 11.0. The molecule has 0 radical (unpaired) electrons. The first-order chi connectivity index (χ1) is 9.38. The van der Waals surface area contributed by atoms with Gasteiger partial charge in [0.25, 0.3) is 5.89 Å². The van der Waals surface area contributed by atoms with E-state index in [-0.39, 0.29) is 0 Å². The van der Waals surface area contributed by atoms with Crippen molar-refractivity contribution in [1.29, 1.82) is 0 Å². The Labute approximate surface area is 110 Å². The van der Waals surface area contributed by atoms with Gasteiger partial charge in [0.1, 0.15) is 12.3 Å². The zero-order chi connectivity index (χ0) is 13.1. The number of ether oxygens (including phenoxy) is 1. The minimum absolute atomic E-state index is 0.328. The Balaban J connectivity index is 2.02. The maximum Gasteiger partial charge on any atom is 0.267 e. The first kappa shape index (κ1) is 11.8. The Morgan fingerprint density at radius 3 is 2.95 bits per heavy atom. The first-order valence-corrected chi connectivity index (χ1v) is 6.12. The van der Waals surface area contributed by atoms with Gasteiger partial charge in [-0.05, 0) is 18.4 Å². The van der Waals surface area contributed by atoms with E-state index in [1.807, 2.05) is 37.3 Å². The summed E-state index contributed by atoms with van der Waals surface area (Å²) in [5.41, 5.74) is 0.702. The van der Waals surface area contributed by atoms with Crippen molar-refractivity contribution in [3.63, 3.8) is 0 Å². The Kier molecular flexibility index (Phi) is 3.20. The molecule has 3 rings (SSSR count). The molecule has 0 atom stereocenters. The molecule has 0 saturated carbocycles. The highest BCUT2D eigenvalue weighted by atomic mass is 16.5. The molecule has 0 bridgehead atoms. The topological polar surface area (TPSA) is 61.0 Å². The van der Waals surface area contributed by atoms with Crippen LogP contribution in [0.2, 0.25) is 0 Å². The molecular weight excluding hydrogens is 242 g/mol. The van der Waals surface area contributed by atoms with Gasteiger partial charge in [-0.15, -0.1) is 10.2 Å². The second-order valence-corrected chi connectivity index (χ2v) is 4.02. The highest BCUT2D eigenvalue weighted by Gasteiger charge is 2.12. The first-order valence-electron chi connectivity index (χ1n) is 6.12. The molecule has 0 saturated heterocycles. The molecular formula is C14H13N3O2. The van der Waals surface area contributed by atoms with Gasteiger partial charge in [0, 0.05) is 18.2 Å². The highest BCUT2D eigenvalue weighted by Crippen LogP contribution is 2.25. The fourth-order valence-electron chi connectivity index (χ4n) is 1.89. The second-order valence-electron chi connectivity index (χ2n) is 4.02. The third-order valence-corrected chi connectivity index (χ3v) is 2.77. The quantitative estimate of drug-likeness (QED) is 0.717. The number of fused-ring (bicyclic) bond motifs is 1. The van der Waals surface area contributed by atoms with Gasteiger partial charge in [0.15, 0.2) is 0 Å². The number of benzene rings is 1. The summed E-state index contributed by atoms with van der Waals surface area (Å²) in [4.78, 5) is 4.33. The third kappa shape index (κ3) is 2.32. The molecule has 0 aliphatic rings. The monoisotopic (exact) mass is 255 g/mol. The highest BCUT2D eigenvalue weighted by molar-refractivity contribution is 5.92. The van der Waals surface area contributed by atoms with Gasteiger partial charge in [-0.25, -0.2) is 0 Å². The van der Waals surface area contributed by atoms with Crippen molar-refractivity contribution in [3.8, 4) is 11.6 Å². The zero-order valence-corrected chi connectivity index (χ0v) is 10.5. The number of aromatic nitrogens is 3. The fraction of sp³-hybridized carbons (Fsp3) is 0.214. The lowest BCUT2D eigenvalue weighted by Crippen LogP contribution is -1.91. The van der Waals surface area contributed by atoms with Crippen LogP contribution in [-0.2, 0) is 11.3 Å². The van der Waals surface area contributed by atoms with E-state index in [4.69, 9.17) is 9.15 Å². The predicted molar refractivity (Wildman–Crippen MR) is 70.4 cm³/mol. The molecule has 2 heterocycles. The summed E-state index contributed by atoms with van der Waals surface area (Å²) in [6.07, 6.45) is 1.74. The summed E-state index contributed by atoms with van der Waals surface area (Å²) in [5, 5.41) is 10.1. The van der Waals surface area contributed by atoms with Crippen molar-refractivity contribution in [3.05, 3.63) is 42.4 Å². The summed E-state index contributed by atoms with van der Waals surface area (Å²) in [7, 11) is 0. The van der Waals surface area contributed by atoms with Crippen LogP contribution in [-0.4, -0.2) is 21.8 Å². The van der Waals surface area contributed by atoms with Crippen LogP contribution in [0.5, 0.6) is 0 Å². The molecule has 2 aromatic heterocycles. The van der Waals surface area contributed by atoms with Gasteiger partial charge >= 0.3 is 0 Å². The molecule has 0 unspecified atom stereocenters. The summed E-state index contributed by atoms with van der Waals surface area (Å²) < 4.78 is 10.8. The Hall–Kier alpha value is -2.27. The van der Waals surface area contributed by atoms with Crippen molar-refractivity contribution in [2.75, 3.05) is 6.61 Å². The standard InChI is InChI=1S/C14H13N3O2/c1-2-18-9-12-16-17-14(19-12)13-11-6-4-3-5-10(11)7-8-15-13/h3-8H,2,9H2,1H3. The fourth-order valence-corrected chi connectivity index (χ4v) is 1.89. The van der Waals surface area contributed by atoms with E-state index in [0.717, 1.165) is 10.8 Å². The summed E-state index contributed by atoms with van der Waals surface area (Å²) in [6.45, 7) is 2.86. The Morgan fingerprint density at radius 1 is 1.16 bits per heavy atom. The minimum atomic E-state index is 0.328. The average molecular weight is 255 g/mol. The number of rotatable bonds is 4. The molecule has 96 valence electrons. The molecule has 3 aromatic rings. The average Bonchev–Trinajstić information content (AvgIpc) is 2.93. The van der Waals surface area contributed by atoms with Crippen molar-refractivity contribution in [2.45, 2.75) is 13.5 Å². The minimum Gasteiger partial charge on any atom is -0.417 e. The van der Waals surface area contributed by atoms with Gasteiger partial charge in [-0.1, -0.05) is 24.3 Å². The van der Waals surface area contributed by atoms with Crippen LogP contribution in [0.4, 0.5) is 0 Å². The van der Waals surface area contributed by atoms with Crippen LogP contribution < -0.4 is 0 Å². The molecule has 0 spiro atoms. The van der Waals surface area contributed by atoms with Crippen molar-refractivity contribution in [1.82, 2.24) is 15.2 Å². The van der Waals surface area contributed by atoms with Crippen LogP contribution in [0, 0.1) is 0 Å². The van der Waals surface area contributed by atoms with E-state index >= 15 is 0 Å². The third-order valence-electron chi connectivity index (χ3n) is 2.77. The van der Waals surface area contributed by atoms with E-state index in [9.17, 15) is 0 Å². The maximum atomic E-state index is 5.57. The van der Waals surface area contributed by atoms with Crippen LogP contribution >= 0.6 is 0 Å². The summed E-state index contributed by atoms with van der Waals surface area (Å²) >= 11 is 0. The predicted octanol–water partition coefficient (Wildman–Crippen LogP) is 2.82. The van der Waals surface area contributed by atoms with Gasteiger partial charge in [0.2, 0.25) is 5.89 Å². The molecule has 0 N–H and O–H groups in total. The van der Waals surface area contributed by atoms with Crippen molar-refractivity contribution >= 4 is 10.8 Å². The van der Waals surface area contributed by atoms with Gasteiger partial charge in [0.05, 0.1) is 0 Å². The van der Waals surface area contributed by atoms with Crippen LogP contribution in [0.15, 0.2) is 40.9 Å². The smallest absolute Gasteiger partial charge is 0.267 e. The molecule has 5 nitrogen and oxygen atoms in total. The van der Waals surface area contributed by atoms with E-state index < -0.39 is 0 Å². The summed E-state index contributed by atoms with van der Waals surface area (Å²) in [5.74, 6) is 0.887. The van der Waals surface area contributed by atoms with Gasteiger partial charge < -0.3 is 9.15 Å². The molecule has 19 heavy (non-hydrogen) atoms. The molecule has 0 aliphatic heterocycles. The van der Waals surface area contributed by atoms with E-state index in [1.165, 1.54) is 0 Å². The zero-order valence-electron chi connectivity index (χ0n) is 10.5. The van der Waals surface area contributed by atoms with Crippen molar-refractivity contribution in [2.24, 2.45) is 0 Å². The molecule has 5 heteroatoms. The second kappa shape index (κ2) is 5.16. The van der Waals surface area contributed by atoms with Crippen LogP contribution in [0.3, 0.4) is 0 Å². The molecule has 0 amide bonds. The van der Waals surface area contributed by atoms with Crippen LogP contribution in [0.1, 0.15) is 12.8 Å². The van der Waals surface area contributed by atoms with Crippen molar-refractivity contribution < 1.29 is 9.15 Å². The number of hydrogen-bond donors (Lipinski definition) is 0. The lowest BCUT2D eigenvalue weighted by molar-refractivity contribution is 0.115. The van der Waals surface area contributed by atoms with E-state index in [1.54, 1.807) is 6.20 Å². The molecule has 0 fully saturated rings. The summed E-state index contributed by atoms with van der Waals surface area (Å²) in [6, 6.07) is 9.92. The molecule has 0 aliphatic carbocycles. The van der Waals surface area contributed by atoms with Gasteiger partial charge in [-0.2, -0.15) is 0 Å². The van der Waals surface area contributed by atoms with Crippen LogP contribution in [0.25, 0.3) is 22.4 Å². The van der Waals surface area contributed by atoms with E-state index in [2.05, 4.69) is 15.2 Å². The SMILES string of the molecule is CCOCc1nnc(-c2nccc3ccccc23)o1. The molecule has 1 aromatic carbocycles. The Bertz CT molecular complexity index is 688. The lowest BCUT2D eigenvalue weighted by Gasteiger charge is -2.00. The lowest BCUT2D eigenvalue weighted by atomic mass is 10.1. The largest absolute Gasteiger partial charge is 0.417 e. The number of hydrogen-bond acceptors (Lipinski definition) is 5. The van der Waals surface area contributed by atoms with Gasteiger partial charge in [-0.3, -0.25) is 4.98 Å². The maximum absolute atomic E-state index is 5.57.